The van der Waals surface area contributed by atoms with Gasteiger partial charge in [-0.2, -0.15) is 0 Å². The van der Waals surface area contributed by atoms with Crippen molar-refractivity contribution >= 4 is 11.6 Å². The van der Waals surface area contributed by atoms with Crippen LogP contribution in [0.4, 0.5) is 11.6 Å². The molecule has 6 heteroatoms. The van der Waals surface area contributed by atoms with Crippen molar-refractivity contribution in [3.8, 4) is 5.75 Å². The Kier molecular flexibility index (Phi) is 5.00. The lowest BCUT2D eigenvalue weighted by atomic mass is 10.2. The monoisotopic (exact) mass is 279 g/mol. The molecule has 112 valence electrons. The standard InChI is InChI=1S/C14H25N5O/c1-5-15-13-12(20-4)14(17-10-16-13)19-8-7-18(6-2)11(3)9-19/h10-11H,5-9H2,1-4H3,(H,15,16,17). The van der Waals surface area contributed by atoms with Gasteiger partial charge < -0.3 is 15.0 Å². The highest BCUT2D eigenvalue weighted by molar-refractivity contribution is 5.65. The molecule has 1 saturated heterocycles. The van der Waals surface area contributed by atoms with Gasteiger partial charge in [-0.15, -0.1) is 0 Å². The molecule has 1 N–H and O–H groups in total. The number of hydrogen-bond acceptors (Lipinski definition) is 6. The van der Waals surface area contributed by atoms with E-state index in [4.69, 9.17) is 4.74 Å². The van der Waals surface area contributed by atoms with Crippen LogP contribution in [0.2, 0.25) is 0 Å². The molecule has 0 saturated carbocycles. The second-order valence-corrected chi connectivity index (χ2v) is 5.03. The van der Waals surface area contributed by atoms with Crippen molar-refractivity contribution in [2.75, 3.05) is 50.1 Å². The molecule has 1 unspecified atom stereocenters. The zero-order chi connectivity index (χ0) is 14.5. The SMILES string of the molecule is CCNc1ncnc(N2CCN(CC)C(C)C2)c1OC. The highest BCUT2D eigenvalue weighted by atomic mass is 16.5. The summed E-state index contributed by atoms with van der Waals surface area (Å²) in [5, 5.41) is 3.22. The van der Waals surface area contributed by atoms with Crippen molar-refractivity contribution in [2.24, 2.45) is 0 Å². The maximum absolute atomic E-state index is 5.53. The summed E-state index contributed by atoms with van der Waals surface area (Å²) < 4.78 is 5.53. The van der Waals surface area contributed by atoms with Crippen molar-refractivity contribution in [1.82, 2.24) is 14.9 Å². The number of methoxy groups -OCH3 is 1. The molecule has 0 radical (unpaired) electrons. The predicted molar refractivity (Wildman–Crippen MR) is 81.7 cm³/mol. The van der Waals surface area contributed by atoms with Crippen LogP contribution in [-0.4, -0.2) is 60.7 Å². The summed E-state index contributed by atoms with van der Waals surface area (Å²) in [6.07, 6.45) is 1.60. The first-order valence-corrected chi connectivity index (χ1v) is 7.33. The van der Waals surface area contributed by atoms with Gasteiger partial charge in [-0.05, 0) is 20.4 Å². The Morgan fingerprint density at radius 2 is 2.15 bits per heavy atom. The Balaban J connectivity index is 2.22. The van der Waals surface area contributed by atoms with Crippen LogP contribution in [0.5, 0.6) is 5.75 Å². The Hall–Kier alpha value is -1.56. The fourth-order valence-electron chi connectivity index (χ4n) is 2.73. The van der Waals surface area contributed by atoms with Crippen LogP contribution in [0.1, 0.15) is 20.8 Å². The van der Waals surface area contributed by atoms with Gasteiger partial charge in [0.25, 0.3) is 0 Å². The molecular weight excluding hydrogens is 254 g/mol. The lowest BCUT2D eigenvalue weighted by Crippen LogP contribution is -2.52. The van der Waals surface area contributed by atoms with Gasteiger partial charge >= 0.3 is 0 Å². The average molecular weight is 279 g/mol. The molecule has 6 nitrogen and oxygen atoms in total. The van der Waals surface area contributed by atoms with Crippen molar-refractivity contribution in [3.63, 3.8) is 0 Å². The summed E-state index contributed by atoms with van der Waals surface area (Å²) in [5.74, 6) is 2.40. The molecule has 0 aliphatic carbocycles. The summed E-state index contributed by atoms with van der Waals surface area (Å²) in [6.45, 7) is 11.4. The van der Waals surface area contributed by atoms with Crippen LogP contribution in [0.3, 0.4) is 0 Å². The van der Waals surface area contributed by atoms with Gasteiger partial charge in [0.2, 0.25) is 5.75 Å². The molecule has 0 spiro atoms. The number of likely N-dealkylation sites (N-methyl/N-ethyl adjacent to an activating group) is 1. The van der Waals surface area contributed by atoms with E-state index in [0.29, 0.717) is 6.04 Å². The highest BCUT2D eigenvalue weighted by Gasteiger charge is 2.26. The van der Waals surface area contributed by atoms with E-state index in [1.807, 2.05) is 6.92 Å². The minimum Gasteiger partial charge on any atom is -0.490 e. The molecule has 1 aromatic heterocycles. The van der Waals surface area contributed by atoms with Gasteiger partial charge in [0.05, 0.1) is 7.11 Å². The molecular formula is C14H25N5O. The Labute approximate surface area is 121 Å². The second kappa shape index (κ2) is 6.74. The van der Waals surface area contributed by atoms with Crippen LogP contribution in [0.25, 0.3) is 0 Å². The third kappa shape index (κ3) is 2.95. The number of nitrogens with one attached hydrogen (secondary N) is 1. The number of hydrogen-bond donors (Lipinski definition) is 1. The molecule has 1 aliphatic rings. The van der Waals surface area contributed by atoms with E-state index in [9.17, 15) is 0 Å². The predicted octanol–water partition coefficient (Wildman–Crippen LogP) is 1.45. The summed E-state index contributed by atoms with van der Waals surface area (Å²) >= 11 is 0. The van der Waals surface area contributed by atoms with Gasteiger partial charge in [0.1, 0.15) is 6.33 Å². The third-order valence-corrected chi connectivity index (χ3v) is 3.80. The summed E-state index contributed by atoms with van der Waals surface area (Å²) in [6, 6.07) is 0.524. The van der Waals surface area contributed by atoms with Crippen molar-refractivity contribution in [1.29, 1.82) is 0 Å². The molecule has 1 aliphatic heterocycles. The van der Waals surface area contributed by atoms with E-state index in [0.717, 1.165) is 50.1 Å². The molecule has 0 bridgehead atoms. The maximum Gasteiger partial charge on any atom is 0.204 e. The fourth-order valence-corrected chi connectivity index (χ4v) is 2.73. The summed E-state index contributed by atoms with van der Waals surface area (Å²) in [4.78, 5) is 13.5. The van der Waals surface area contributed by atoms with Crippen molar-refractivity contribution < 1.29 is 4.74 Å². The molecule has 2 rings (SSSR count). The highest BCUT2D eigenvalue weighted by Crippen LogP contribution is 2.32. The molecule has 2 heterocycles. The summed E-state index contributed by atoms with van der Waals surface area (Å²) in [7, 11) is 1.68. The average Bonchev–Trinajstić information content (AvgIpc) is 2.47. The number of aromatic nitrogens is 2. The third-order valence-electron chi connectivity index (χ3n) is 3.80. The summed E-state index contributed by atoms with van der Waals surface area (Å²) in [5.41, 5.74) is 0. The largest absolute Gasteiger partial charge is 0.490 e. The molecule has 20 heavy (non-hydrogen) atoms. The van der Waals surface area contributed by atoms with Crippen LogP contribution in [-0.2, 0) is 0 Å². The minimum absolute atomic E-state index is 0.524. The number of piperazine rings is 1. The Morgan fingerprint density at radius 1 is 1.35 bits per heavy atom. The number of anilines is 2. The van der Waals surface area contributed by atoms with Crippen LogP contribution >= 0.6 is 0 Å². The zero-order valence-corrected chi connectivity index (χ0v) is 12.9. The van der Waals surface area contributed by atoms with Gasteiger partial charge in [-0.1, -0.05) is 6.92 Å². The number of nitrogens with zero attached hydrogens (tertiary/aromatic N) is 4. The van der Waals surface area contributed by atoms with Crippen molar-refractivity contribution in [2.45, 2.75) is 26.8 Å². The first-order valence-electron chi connectivity index (χ1n) is 7.33. The van der Waals surface area contributed by atoms with Gasteiger partial charge in [0.15, 0.2) is 11.6 Å². The fraction of sp³-hybridized carbons (Fsp3) is 0.714. The normalized spacial score (nSPS) is 20.0. The number of rotatable bonds is 5. The van der Waals surface area contributed by atoms with E-state index in [-0.39, 0.29) is 0 Å². The smallest absolute Gasteiger partial charge is 0.204 e. The Morgan fingerprint density at radius 3 is 2.75 bits per heavy atom. The number of ether oxygens (including phenoxy) is 1. The van der Waals surface area contributed by atoms with E-state index in [1.54, 1.807) is 13.4 Å². The van der Waals surface area contributed by atoms with E-state index in [2.05, 4.69) is 38.9 Å². The van der Waals surface area contributed by atoms with E-state index < -0.39 is 0 Å². The lowest BCUT2D eigenvalue weighted by molar-refractivity contribution is 0.198. The molecule has 1 atom stereocenters. The Bertz CT molecular complexity index is 440. The van der Waals surface area contributed by atoms with Crippen LogP contribution in [0.15, 0.2) is 6.33 Å². The molecule has 1 fully saturated rings. The van der Waals surface area contributed by atoms with Gasteiger partial charge in [0, 0.05) is 32.2 Å². The minimum atomic E-state index is 0.524. The van der Waals surface area contributed by atoms with Crippen molar-refractivity contribution in [3.05, 3.63) is 6.33 Å². The first-order chi connectivity index (χ1) is 9.71. The molecule has 0 aromatic carbocycles. The lowest BCUT2D eigenvalue weighted by Gasteiger charge is -2.40. The van der Waals surface area contributed by atoms with Gasteiger partial charge in [-0.25, -0.2) is 9.97 Å². The van der Waals surface area contributed by atoms with E-state index >= 15 is 0 Å². The maximum atomic E-state index is 5.53. The second-order valence-electron chi connectivity index (χ2n) is 5.03. The molecule has 0 amide bonds. The molecule has 1 aromatic rings. The van der Waals surface area contributed by atoms with Gasteiger partial charge in [-0.3, -0.25) is 4.90 Å². The van der Waals surface area contributed by atoms with Crippen LogP contribution < -0.4 is 15.0 Å². The quantitative estimate of drug-likeness (QED) is 0.880. The van der Waals surface area contributed by atoms with E-state index in [1.165, 1.54) is 0 Å². The zero-order valence-electron chi connectivity index (χ0n) is 12.9. The first kappa shape index (κ1) is 14.8. The topological polar surface area (TPSA) is 53.5 Å². The van der Waals surface area contributed by atoms with Crippen LogP contribution in [0, 0.1) is 0 Å².